The lowest BCUT2D eigenvalue weighted by atomic mass is 10.0. The standard InChI is InChI=1S/C18H28ClFN2O/c1-14(2)6-8-22-10-9-21(12-15(22)7-11-23)13-16-17(19)4-3-5-18(16)20/h3-5,14-15,23H,6-13H2,1-2H3/t15-/m1/s1. The minimum Gasteiger partial charge on any atom is -0.396 e. The van der Waals surface area contributed by atoms with Gasteiger partial charge in [-0.15, -0.1) is 0 Å². The Hall–Kier alpha value is -0.680. The van der Waals surface area contributed by atoms with Crippen molar-refractivity contribution in [2.75, 3.05) is 32.8 Å². The highest BCUT2D eigenvalue weighted by Crippen LogP contribution is 2.23. The lowest BCUT2D eigenvalue weighted by Gasteiger charge is -2.42. The van der Waals surface area contributed by atoms with E-state index in [0.717, 1.165) is 32.6 Å². The van der Waals surface area contributed by atoms with Gasteiger partial charge in [0.15, 0.2) is 0 Å². The van der Waals surface area contributed by atoms with Gasteiger partial charge >= 0.3 is 0 Å². The van der Waals surface area contributed by atoms with E-state index in [-0.39, 0.29) is 12.4 Å². The van der Waals surface area contributed by atoms with E-state index in [0.29, 0.717) is 29.1 Å². The Morgan fingerprint density at radius 3 is 2.78 bits per heavy atom. The van der Waals surface area contributed by atoms with Gasteiger partial charge < -0.3 is 5.11 Å². The third-order valence-electron chi connectivity index (χ3n) is 4.59. The molecular formula is C18H28ClFN2O. The lowest BCUT2D eigenvalue weighted by molar-refractivity contribution is 0.0519. The number of rotatable bonds is 7. The molecule has 1 fully saturated rings. The summed E-state index contributed by atoms with van der Waals surface area (Å²) in [5.41, 5.74) is 0.576. The van der Waals surface area contributed by atoms with Crippen LogP contribution in [0.15, 0.2) is 18.2 Å². The maximum atomic E-state index is 14.0. The largest absolute Gasteiger partial charge is 0.396 e. The van der Waals surface area contributed by atoms with Crippen molar-refractivity contribution < 1.29 is 9.50 Å². The Kier molecular flexibility index (Phi) is 7.28. The van der Waals surface area contributed by atoms with Crippen LogP contribution in [0.1, 0.15) is 32.3 Å². The van der Waals surface area contributed by atoms with Crippen LogP contribution in [0, 0.1) is 11.7 Å². The first kappa shape index (κ1) is 18.7. The van der Waals surface area contributed by atoms with Crippen LogP contribution < -0.4 is 0 Å². The molecule has 2 rings (SSSR count). The molecule has 1 aromatic rings. The molecule has 1 heterocycles. The summed E-state index contributed by atoms with van der Waals surface area (Å²) in [7, 11) is 0. The third-order valence-corrected chi connectivity index (χ3v) is 4.94. The molecule has 3 nitrogen and oxygen atoms in total. The summed E-state index contributed by atoms with van der Waals surface area (Å²) in [6.45, 7) is 8.98. The summed E-state index contributed by atoms with van der Waals surface area (Å²) in [6, 6.07) is 5.17. The molecule has 1 aliphatic heterocycles. The molecular weight excluding hydrogens is 315 g/mol. The molecule has 1 aliphatic rings. The molecule has 130 valence electrons. The second kappa shape index (κ2) is 8.97. The molecule has 0 spiro atoms. The van der Waals surface area contributed by atoms with E-state index in [4.69, 9.17) is 11.6 Å². The SMILES string of the molecule is CC(C)CCN1CCN(Cc2c(F)cccc2Cl)C[C@H]1CCO. The van der Waals surface area contributed by atoms with Crippen LogP contribution in [0.4, 0.5) is 4.39 Å². The highest BCUT2D eigenvalue weighted by Gasteiger charge is 2.27. The Labute approximate surface area is 144 Å². The van der Waals surface area contributed by atoms with E-state index in [1.165, 1.54) is 12.5 Å². The van der Waals surface area contributed by atoms with Gasteiger partial charge in [-0.3, -0.25) is 9.80 Å². The quantitative estimate of drug-likeness (QED) is 0.822. The summed E-state index contributed by atoms with van der Waals surface area (Å²) in [4.78, 5) is 4.71. The summed E-state index contributed by atoms with van der Waals surface area (Å²) >= 11 is 6.14. The maximum absolute atomic E-state index is 14.0. The molecule has 23 heavy (non-hydrogen) atoms. The predicted octanol–water partition coefficient (Wildman–Crippen LogP) is 3.39. The zero-order valence-electron chi connectivity index (χ0n) is 14.1. The highest BCUT2D eigenvalue weighted by atomic mass is 35.5. The van der Waals surface area contributed by atoms with Crippen LogP contribution in [0.25, 0.3) is 0 Å². The van der Waals surface area contributed by atoms with Gasteiger partial charge in [-0.05, 0) is 37.4 Å². The second-order valence-electron chi connectivity index (χ2n) is 6.82. The summed E-state index contributed by atoms with van der Waals surface area (Å²) in [5, 5.41) is 9.84. The Morgan fingerprint density at radius 1 is 1.35 bits per heavy atom. The van der Waals surface area contributed by atoms with Gasteiger partial charge in [-0.25, -0.2) is 4.39 Å². The Bertz CT molecular complexity index is 478. The monoisotopic (exact) mass is 342 g/mol. The van der Waals surface area contributed by atoms with Crippen molar-refractivity contribution in [1.29, 1.82) is 0 Å². The van der Waals surface area contributed by atoms with Crippen molar-refractivity contribution in [3.8, 4) is 0 Å². The molecule has 0 radical (unpaired) electrons. The average molecular weight is 343 g/mol. The summed E-state index contributed by atoms with van der Waals surface area (Å²) in [5.74, 6) is 0.443. The van der Waals surface area contributed by atoms with Crippen LogP contribution in [-0.2, 0) is 6.54 Å². The van der Waals surface area contributed by atoms with Gasteiger partial charge in [-0.1, -0.05) is 31.5 Å². The first-order valence-electron chi connectivity index (χ1n) is 8.51. The second-order valence-corrected chi connectivity index (χ2v) is 7.23. The van der Waals surface area contributed by atoms with Crippen molar-refractivity contribution in [2.24, 2.45) is 5.92 Å². The zero-order chi connectivity index (χ0) is 16.8. The van der Waals surface area contributed by atoms with E-state index in [1.54, 1.807) is 12.1 Å². The fraction of sp³-hybridized carbons (Fsp3) is 0.667. The smallest absolute Gasteiger partial charge is 0.129 e. The van der Waals surface area contributed by atoms with Crippen molar-refractivity contribution >= 4 is 11.6 Å². The summed E-state index contributed by atoms with van der Waals surface area (Å²) in [6.07, 6.45) is 1.93. The number of hydrogen-bond acceptors (Lipinski definition) is 3. The van der Waals surface area contributed by atoms with Crippen molar-refractivity contribution in [3.05, 3.63) is 34.6 Å². The molecule has 0 aliphatic carbocycles. The van der Waals surface area contributed by atoms with Gasteiger partial charge in [0.25, 0.3) is 0 Å². The summed E-state index contributed by atoms with van der Waals surface area (Å²) < 4.78 is 14.0. The molecule has 1 N–H and O–H groups in total. The van der Waals surface area contributed by atoms with Gasteiger partial charge in [0, 0.05) is 49.4 Å². The van der Waals surface area contributed by atoms with E-state index >= 15 is 0 Å². The molecule has 0 amide bonds. The number of nitrogens with zero attached hydrogens (tertiary/aromatic N) is 2. The number of piperazine rings is 1. The van der Waals surface area contributed by atoms with E-state index in [2.05, 4.69) is 23.6 Å². The Morgan fingerprint density at radius 2 is 2.13 bits per heavy atom. The minimum absolute atomic E-state index is 0.192. The molecule has 1 atom stereocenters. The molecule has 0 unspecified atom stereocenters. The van der Waals surface area contributed by atoms with Gasteiger partial charge in [0.05, 0.1) is 0 Å². The Balaban J connectivity index is 1.98. The van der Waals surface area contributed by atoms with Gasteiger partial charge in [0.1, 0.15) is 5.82 Å². The highest BCUT2D eigenvalue weighted by molar-refractivity contribution is 6.31. The van der Waals surface area contributed by atoms with E-state index in [1.807, 2.05) is 0 Å². The topological polar surface area (TPSA) is 26.7 Å². The number of halogens is 2. The first-order chi connectivity index (χ1) is 11.0. The maximum Gasteiger partial charge on any atom is 0.129 e. The third kappa shape index (κ3) is 5.42. The zero-order valence-corrected chi connectivity index (χ0v) is 14.9. The molecule has 0 saturated carbocycles. The molecule has 1 aromatic carbocycles. The van der Waals surface area contributed by atoms with Crippen LogP contribution >= 0.6 is 11.6 Å². The fourth-order valence-corrected chi connectivity index (χ4v) is 3.37. The predicted molar refractivity (Wildman–Crippen MR) is 93.2 cm³/mol. The number of hydrogen-bond donors (Lipinski definition) is 1. The molecule has 1 saturated heterocycles. The van der Waals surface area contributed by atoms with Gasteiger partial charge in [-0.2, -0.15) is 0 Å². The fourth-order valence-electron chi connectivity index (χ4n) is 3.15. The van der Waals surface area contributed by atoms with Crippen molar-refractivity contribution in [3.63, 3.8) is 0 Å². The van der Waals surface area contributed by atoms with Crippen LogP contribution in [0.2, 0.25) is 5.02 Å². The lowest BCUT2D eigenvalue weighted by Crippen LogP contribution is -2.53. The van der Waals surface area contributed by atoms with E-state index in [9.17, 15) is 9.50 Å². The van der Waals surface area contributed by atoms with Crippen LogP contribution in [-0.4, -0.2) is 53.7 Å². The minimum atomic E-state index is -0.238. The normalized spacial score (nSPS) is 20.3. The van der Waals surface area contributed by atoms with Gasteiger partial charge in [0.2, 0.25) is 0 Å². The first-order valence-corrected chi connectivity index (χ1v) is 8.89. The van der Waals surface area contributed by atoms with Crippen LogP contribution in [0.5, 0.6) is 0 Å². The van der Waals surface area contributed by atoms with Crippen LogP contribution in [0.3, 0.4) is 0 Å². The number of benzene rings is 1. The number of aliphatic hydroxyl groups is 1. The average Bonchev–Trinajstić information content (AvgIpc) is 2.50. The molecule has 0 aromatic heterocycles. The van der Waals surface area contributed by atoms with E-state index < -0.39 is 0 Å². The molecule has 0 bridgehead atoms. The van der Waals surface area contributed by atoms with Crippen molar-refractivity contribution in [1.82, 2.24) is 9.80 Å². The molecule has 5 heteroatoms. The van der Waals surface area contributed by atoms with Crippen molar-refractivity contribution in [2.45, 2.75) is 39.3 Å². The number of aliphatic hydroxyl groups excluding tert-OH is 1.